The van der Waals surface area contributed by atoms with Crippen LogP contribution in [0.5, 0.6) is 5.88 Å². The Bertz CT molecular complexity index is 1140. The molecular weight excluding hydrogens is 361 g/mol. The summed E-state index contributed by atoms with van der Waals surface area (Å²) in [5.41, 5.74) is 4.56. The van der Waals surface area contributed by atoms with Crippen LogP contribution in [0.25, 0.3) is 11.6 Å². The number of thiazole rings is 1. The lowest BCUT2D eigenvalue weighted by Crippen LogP contribution is -2.12. The van der Waals surface area contributed by atoms with E-state index in [2.05, 4.69) is 9.98 Å². The smallest absolute Gasteiger partial charge is 0.211 e. The highest BCUT2D eigenvalue weighted by atomic mass is 32.1. The lowest BCUT2D eigenvalue weighted by molar-refractivity contribution is 0.416. The van der Waals surface area contributed by atoms with Crippen LogP contribution in [0, 0.1) is 5.82 Å². The molecule has 2 heterocycles. The lowest BCUT2D eigenvalue weighted by atomic mass is 10.0. The van der Waals surface area contributed by atoms with Crippen LogP contribution in [-0.2, 0) is 6.54 Å². The summed E-state index contributed by atoms with van der Waals surface area (Å²) >= 11 is 1.39. The minimum absolute atomic E-state index is 0.174. The van der Waals surface area contributed by atoms with E-state index in [9.17, 15) is 9.50 Å². The molecule has 3 aromatic rings. The molecule has 0 unspecified atom stereocenters. The highest BCUT2D eigenvalue weighted by Gasteiger charge is 2.19. The highest BCUT2D eigenvalue weighted by Crippen LogP contribution is 2.37. The molecule has 0 atom stereocenters. The van der Waals surface area contributed by atoms with Gasteiger partial charge in [0.05, 0.1) is 16.3 Å². The number of aromatic hydroxyl groups is 1. The second kappa shape index (κ2) is 6.96. The van der Waals surface area contributed by atoms with E-state index in [1.54, 1.807) is 16.7 Å². The first-order chi connectivity index (χ1) is 13.1. The molecule has 1 aliphatic heterocycles. The number of halogens is 1. The van der Waals surface area contributed by atoms with Crippen molar-refractivity contribution in [3.8, 4) is 5.88 Å². The Hall–Kier alpha value is -2.99. The molecule has 2 aromatic carbocycles. The van der Waals surface area contributed by atoms with E-state index >= 15 is 0 Å². The molecule has 0 fully saturated rings. The van der Waals surface area contributed by atoms with Crippen LogP contribution in [0.2, 0.25) is 0 Å². The molecule has 4 nitrogen and oxygen atoms in total. The minimum atomic E-state index is -0.300. The fraction of sp³-hybridized carbons (Fsp3) is 0.143. The summed E-state index contributed by atoms with van der Waals surface area (Å²) < 4.78 is 14.9. The summed E-state index contributed by atoms with van der Waals surface area (Å²) in [5.74, 6) is -0.125. The summed E-state index contributed by atoms with van der Waals surface area (Å²) in [6, 6.07) is 13.9. The van der Waals surface area contributed by atoms with E-state index in [0.29, 0.717) is 17.0 Å². The van der Waals surface area contributed by atoms with Crippen molar-refractivity contribution >= 4 is 40.1 Å². The Labute approximate surface area is 160 Å². The van der Waals surface area contributed by atoms with Gasteiger partial charge < -0.3 is 5.11 Å². The maximum Gasteiger partial charge on any atom is 0.211 e. The first-order valence-electron chi connectivity index (χ1n) is 8.66. The van der Waals surface area contributed by atoms with Crippen molar-refractivity contribution in [2.75, 3.05) is 0 Å². The van der Waals surface area contributed by atoms with Crippen molar-refractivity contribution in [2.24, 2.45) is 9.98 Å². The first-order valence-corrected chi connectivity index (χ1v) is 9.48. The van der Waals surface area contributed by atoms with Crippen LogP contribution in [0.4, 0.5) is 15.8 Å². The van der Waals surface area contributed by atoms with Crippen molar-refractivity contribution in [3.63, 3.8) is 0 Å². The molecule has 0 saturated heterocycles. The molecule has 0 amide bonds. The van der Waals surface area contributed by atoms with E-state index in [4.69, 9.17) is 0 Å². The number of rotatable bonds is 3. The summed E-state index contributed by atoms with van der Waals surface area (Å²) in [7, 11) is 0. The average Bonchev–Trinajstić information content (AvgIpc) is 3.14. The van der Waals surface area contributed by atoms with E-state index in [-0.39, 0.29) is 11.7 Å². The number of hydrogen-bond donors (Lipinski definition) is 1. The number of allylic oxidation sites excluding steroid dienone is 1. The predicted molar refractivity (Wildman–Crippen MR) is 108 cm³/mol. The molecule has 136 valence electrons. The van der Waals surface area contributed by atoms with E-state index in [0.717, 1.165) is 27.4 Å². The Balaban J connectivity index is 1.83. The molecule has 1 N–H and O–H groups in total. The number of fused-ring (bicyclic) bond motifs is 1. The molecule has 4 rings (SSSR count). The molecule has 0 radical (unpaired) electrons. The third kappa shape index (κ3) is 3.24. The van der Waals surface area contributed by atoms with Crippen molar-refractivity contribution < 1.29 is 9.50 Å². The molecule has 6 heteroatoms. The van der Waals surface area contributed by atoms with E-state index < -0.39 is 0 Å². The zero-order valence-corrected chi connectivity index (χ0v) is 15.8. The van der Waals surface area contributed by atoms with Crippen molar-refractivity contribution in [1.29, 1.82) is 0 Å². The average molecular weight is 379 g/mol. The molecule has 1 aromatic heterocycles. The van der Waals surface area contributed by atoms with Crippen LogP contribution in [0.1, 0.15) is 24.3 Å². The topological polar surface area (TPSA) is 49.9 Å². The van der Waals surface area contributed by atoms with E-state index in [1.807, 2.05) is 44.2 Å². The Morgan fingerprint density at radius 1 is 1.19 bits per heavy atom. The zero-order chi connectivity index (χ0) is 19.0. The standard InChI is InChI=1S/C21H18FN3OS/c1-3-25-20(26)19(27-21(25)24-15-10-8-14(22)9-11-15)12-17-13(2)23-18-7-5-4-6-16(17)18/h4-12,26H,3H2,1-2H3. The van der Waals surface area contributed by atoms with Crippen LogP contribution in [-0.4, -0.2) is 15.4 Å². The maximum absolute atomic E-state index is 13.1. The van der Waals surface area contributed by atoms with Gasteiger partial charge in [0.2, 0.25) is 5.88 Å². The molecule has 0 bridgehead atoms. The number of benzene rings is 2. The summed E-state index contributed by atoms with van der Waals surface area (Å²) in [6.07, 6.45) is 1.96. The largest absolute Gasteiger partial charge is 0.493 e. The monoisotopic (exact) mass is 379 g/mol. The van der Waals surface area contributed by atoms with Gasteiger partial charge in [0.25, 0.3) is 0 Å². The Morgan fingerprint density at radius 2 is 1.93 bits per heavy atom. The van der Waals surface area contributed by atoms with Gasteiger partial charge >= 0.3 is 0 Å². The van der Waals surface area contributed by atoms with Crippen LogP contribution >= 0.6 is 11.3 Å². The summed E-state index contributed by atoms with van der Waals surface area (Å²) in [5, 5.41) is 10.7. The number of aromatic nitrogens is 1. The number of hydrogen-bond acceptors (Lipinski definition) is 4. The van der Waals surface area contributed by atoms with Gasteiger partial charge in [-0.05, 0) is 50.3 Å². The second-order valence-electron chi connectivity index (χ2n) is 6.18. The summed E-state index contributed by atoms with van der Waals surface area (Å²) in [4.78, 5) is 10.5. The third-order valence-electron chi connectivity index (χ3n) is 4.42. The van der Waals surface area contributed by atoms with Gasteiger partial charge in [-0.3, -0.25) is 9.56 Å². The van der Waals surface area contributed by atoms with Crippen LogP contribution in [0.15, 0.2) is 58.5 Å². The molecule has 0 spiro atoms. The normalized spacial score (nSPS) is 15.3. The van der Waals surface area contributed by atoms with Crippen LogP contribution < -0.4 is 4.80 Å². The Kier molecular flexibility index (Phi) is 4.49. The van der Waals surface area contributed by atoms with Gasteiger partial charge in [0, 0.05) is 23.4 Å². The highest BCUT2D eigenvalue weighted by molar-refractivity contribution is 7.10. The third-order valence-corrected chi connectivity index (χ3v) is 5.44. The molecule has 1 aliphatic rings. The fourth-order valence-corrected chi connectivity index (χ4v) is 4.11. The molecule has 0 aliphatic carbocycles. The number of nitrogens with zero attached hydrogens (tertiary/aromatic N) is 3. The van der Waals surface area contributed by atoms with Gasteiger partial charge in [-0.25, -0.2) is 9.38 Å². The molecular formula is C21H18FN3OS. The van der Waals surface area contributed by atoms with Gasteiger partial charge in [-0.1, -0.05) is 29.5 Å². The number of aliphatic imine (C=N–C) groups is 1. The zero-order valence-electron chi connectivity index (χ0n) is 15.0. The summed E-state index contributed by atoms with van der Waals surface area (Å²) in [6.45, 7) is 4.49. The lowest BCUT2D eigenvalue weighted by Gasteiger charge is -2.02. The second-order valence-corrected chi connectivity index (χ2v) is 7.19. The quantitative estimate of drug-likeness (QED) is 0.660. The fourth-order valence-electron chi connectivity index (χ4n) is 3.06. The number of para-hydroxylation sites is 1. The molecule has 0 saturated carbocycles. The molecule has 27 heavy (non-hydrogen) atoms. The van der Waals surface area contributed by atoms with Crippen molar-refractivity contribution in [3.05, 3.63) is 69.6 Å². The minimum Gasteiger partial charge on any atom is -0.493 e. The van der Waals surface area contributed by atoms with Gasteiger partial charge in [0.15, 0.2) is 4.80 Å². The SMILES string of the molecule is CCn1c(O)c(C=C2C(C)=Nc3ccccc32)sc1=Nc1ccc(F)cc1. The van der Waals surface area contributed by atoms with Gasteiger partial charge in [0.1, 0.15) is 5.82 Å². The predicted octanol–water partition coefficient (Wildman–Crippen LogP) is 5.29. The van der Waals surface area contributed by atoms with Crippen LogP contribution in [0.3, 0.4) is 0 Å². The van der Waals surface area contributed by atoms with Crippen molar-refractivity contribution in [1.82, 2.24) is 4.57 Å². The Morgan fingerprint density at radius 3 is 2.67 bits per heavy atom. The van der Waals surface area contributed by atoms with E-state index in [1.165, 1.54) is 23.5 Å². The van der Waals surface area contributed by atoms with Gasteiger partial charge in [-0.15, -0.1) is 0 Å². The van der Waals surface area contributed by atoms with Crippen molar-refractivity contribution in [2.45, 2.75) is 20.4 Å². The first kappa shape index (κ1) is 17.4. The van der Waals surface area contributed by atoms with Gasteiger partial charge in [-0.2, -0.15) is 0 Å². The maximum atomic E-state index is 13.1.